The molecule has 1 heterocycles. The molecule has 5 rings (SSSR count). The van der Waals surface area contributed by atoms with E-state index in [-0.39, 0.29) is 4.90 Å². The Morgan fingerprint density at radius 1 is 0.688 bits per heavy atom. The lowest BCUT2D eigenvalue weighted by molar-refractivity contribution is 0.475. The Morgan fingerprint density at radius 3 is 1.59 bits per heavy atom. The second kappa shape index (κ2) is 7.93. The highest BCUT2D eigenvalue weighted by molar-refractivity contribution is 8.13. The maximum absolute atomic E-state index is 12.1. The van der Waals surface area contributed by atoms with Crippen LogP contribution in [0, 0.1) is 0 Å². The van der Waals surface area contributed by atoms with Gasteiger partial charge in [-0.3, -0.25) is 0 Å². The van der Waals surface area contributed by atoms with Gasteiger partial charge in [-0.25, -0.2) is 13.1 Å². The summed E-state index contributed by atoms with van der Waals surface area (Å²) in [4.78, 5) is 0.0384. The predicted molar refractivity (Wildman–Crippen MR) is 127 cm³/mol. The van der Waals surface area contributed by atoms with Crippen molar-refractivity contribution >= 4 is 30.6 Å². The highest BCUT2D eigenvalue weighted by Gasteiger charge is 2.40. The fourth-order valence-corrected chi connectivity index (χ4v) is 5.09. The number of benzene rings is 4. The Hall–Kier alpha value is -3.41. The average Bonchev–Trinajstić information content (AvgIpc) is 3.25. The monoisotopic (exact) mass is 458 g/mol. The summed E-state index contributed by atoms with van der Waals surface area (Å²) in [5.41, 5.74) is 2.84. The van der Waals surface area contributed by atoms with E-state index in [1.54, 1.807) is 18.3 Å². The summed E-state index contributed by atoms with van der Waals surface area (Å²) >= 11 is 0. The Balaban J connectivity index is 1.96. The van der Waals surface area contributed by atoms with Crippen LogP contribution >= 0.6 is 10.7 Å². The molecule has 1 aromatic heterocycles. The summed E-state index contributed by atoms with van der Waals surface area (Å²) in [6.45, 7) is 0. The molecule has 0 saturated heterocycles. The third-order valence-electron chi connectivity index (χ3n) is 5.72. The van der Waals surface area contributed by atoms with Crippen LogP contribution in [0.15, 0.2) is 120 Å². The minimum Gasteiger partial charge on any atom is -0.245 e. The van der Waals surface area contributed by atoms with E-state index in [0.717, 1.165) is 22.1 Å². The van der Waals surface area contributed by atoms with Crippen LogP contribution in [0.25, 0.3) is 10.9 Å². The lowest BCUT2D eigenvalue weighted by Gasteiger charge is -2.37. The van der Waals surface area contributed by atoms with E-state index in [0.29, 0.717) is 5.52 Å². The second-order valence-electron chi connectivity index (χ2n) is 7.52. The molecule has 0 N–H and O–H groups in total. The van der Waals surface area contributed by atoms with Crippen LogP contribution in [-0.4, -0.2) is 18.2 Å². The molecule has 0 bridgehead atoms. The van der Waals surface area contributed by atoms with E-state index in [9.17, 15) is 8.42 Å². The van der Waals surface area contributed by atoms with Gasteiger partial charge in [0.2, 0.25) is 0 Å². The predicted octanol–water partition coefficient (Wildman–Crippen LogP) is 5.80. The molecule has 32 heavy (non-hydrogen) atoms. The molecular weight excluding hydrogens is 440 g/mol. The van der Waals surface area contributed by atoms with Crippen molar-refractivity contribution in [2.75, 3.05) is 0 Å². The summed E-state index contributed by atoms with van der Waals surface area (Å²) in [5, 5.41) is 5.62. The molecule has 0 spiro atoms. The van der Waals surface area contributed by atoms with Crippen molar-refractivity contribution in [1.29, 1.82) is 0 Å². The summed E-state index contributed by atoms with van der Waals surface area (Å²) in [6, 6.07) is 35.1. The molecule has 0 unspecified atom stereocenters. The van der Waals surface area contributed by atoms with E-state index >= 15 is 0 Å². The van der Waals surface area contributed by atoms with Crippen LogP contribution in [-0.2, 0) is 14.6 Å². The van der Waals surface area contributed by atoms with Gasteiger partial charge in [-0.1, -0.05) is 91.0 Å². The van der Waals surface area contributed by atoms with Crippen molar-refractivity contribution in [1.82, 2.24) is 9.78 Å². The van der Waals surface area contributed by atoms with E-state index in [4.69, 9.17) is 15.8 Å². The Morgan fingerprint density at radius 2 is 1.16 bits per heavy atom. The van der Waals surface area contributed by atoms with Gasteiger partial charge in [0.15, 0.2) is 0 Å². The van der Waals surface area contributed by atoms with Crippen molar-refractivity contribution in [2.24, 2.45) is 0 Å². The smallest absolute Gasteiger partial charge is 0.245 e. The molecule has 0 fully saturated rings. The highest BCUT2D eigenvalue weighted by Crippen LogP contribution is 2.42. The van der Waals surface area contributed by atoms with Crippen molar-refractivity contribution in [3.8, 4) is 0 Å². The maximum atomic E-state index is 12.1. The Labute approximate surface area is 191 Å². The van der Waals surface area contributed by atoms with E-state index in [1.807, 2.05) is 59.3 Å². The zero-order valence-corrected chi connectivity index (χ0v) is 18.5. The highest BCUT2D eigenvalue weighted by atomic mass is 35.7. The first kappa shape index (κ1) is 20.5. The molecule has 0 aliphatic carbocycles. The standard InChI is InChI=1S/C26H19ClN2O2S/c27-32(30,31)24-17-16-20-19-28-29(25(20)18-24)26(21-10-4-1-5-11-21,22-12-6-2-7-13-22)23-14-8-3-9-15-23/h1-19H. The molecule has 0 aliphatic heterocycles. The van der Waals surface area contributed by atoms with Gasteiger partial charge in [-0.05, 0) is 34.9 Å². The van der Waals surface area contributed by atoms with Gasteiger partial charge in [-0.2, -0.15) is 5.10 Å². The first-order valence-electron chi connectivity index (χ1n) is 10.1. The number of hydrogen-bond donors (Lipinski definition) is 0. The second-order valence-corrected chi connectivity index (χ2v) is 10.1. The number of hydrogen-bond acceptors (Lipinski definition) is 3. The molecule has 5 aromatic rings. The topological polar surface area (TPSA) is 52.0 Å². The van der Waals surface area contributed by atoms with Crippen molar-refractivity contribution in [2.45, 2.75) is 10.4 Å². The molecule has 4 aromatic carbocycles. The molecule has 6 heteroatoms. The van der Waals surface area contributed by atoms with Crippen LogP contribution < -0.4 is 0 Å². The van der Waals surface area contributed by atoms with E-state index < -0.39 is 14.6 Å². The molecule has 4 nitrogen and oxygen atoms in total. The zero-order valence-electron chi connectivity index (χ0n) is 17.0. The summed E-state index contributed by atoms with van der Waals surface area (Å²) in [6.07, 6.45) is 1.75. The Bertz CT molecular complexity index is 1390. The number of halogens is 1. The minimum absolute atomic E-state index is 0.0384. The number of rotatable bonds is 5. The van der Waals surface area contributed by atoms with E-state index in [2.05, 4.69) is 36.4 Å². The molecular formula is C26H19ClN2O2S. The SMILES string of the molecule is O=S(=O)(Cl)c1ccc2cnn(C(c3ccccc3)(c3ccccc3)c3ccccc3)c2c1. The lowest BCUT2D eigenvalue weighted by atomic mass is 9.77. The molecule has 0 amide bonds. The largest absolute Gasteiger partial charge is 0.261 e. The third kappa shape index (κ3) is 3.30. The van der Waals surface area contributed by atoms with Crippen LogP contribution in [0.5, 0.6) is 0 Å². The van der Waals surface area contributed by atoms with Gasteiger partial charge >= 0.3 is 0 Å². The normalized spacial score (nSPS) is 12.2. The van der Waals surface area contributed by atoms with Crippen LogP contribution in [0.2, 0.25) is 0 Å². The fraction of sp³-hybridized carbons (Fsp3) is 0.0385. The zero-order chi connectivity index (χ0) is 22.2. The van der Waals surface area contributed by atoms with Gasteiger partial charge in [-0.15, -0.1) is 0 Å². The van der Waals surface area contributed by atoms with Crippen molar-refractivity contribution < 1.29 is 8.42 Å². The van der Waals surface area contributed by atoms with Gasteiger partial charge in [0.05, 0.1) is 16.6 Å². The third-order valence-corrected chi connectivity index (χ3v) is 7.07. The summed E-state index contributed by atoms with van der Waals surface area (Å²) < 4.78 is 26.1. The summed E-state index contributed by atoms with van der Waals surface area (Å²) in [7, 11) is 1.79. The first-order valence-corrected chi connectivity index (χ1v) is 12.4. The fourth-order valence-electron chi connectivity index (χ4n) is 4.32. The summed E-state index contributed by atoms with van der Waals surface area (Å²) in [5.74, 6) is 0. The van der Waals surface area contributed by atoms with Gasteiger partial charge < -0.3 is 0 Å². The number of fused-ring (bicyclic) bond motifs is 1. The quantitative estimate of drug-likeness (QED) is 0.247. The van der Waals surface area contributed by atoms with Crippen molar-refractivity contribution in [3.05, 3.63) is 132 Å². The molecule has 0 saturated carbocycles. The lowest BCUT2D eigenvalue weighted by Crippen LogP contribution is -2.38. The molecule has 158 valence electrons. The van der Waals surface area contributed by atoms with E-state index in [1.165, 1.54) is 6.07 Å². The maximum Gasteiger partial charge on any atom is 0.261 e. The van der Waals surface area contributed by atoms with Gasteiger partial charge in [0, 0.05) is 16.1 Å². The van der Waals surface area contributed by atoms with Crippen LogP contribution in [0.1, 0.15) is 16.7 Å². The van der Waals surface area contributed by atoms with Crippen LogP contribution in [0.3, 0.4) is 0 Å². The first-order chi connectivity index (χ1) is 15.5. The van der Waals surface area contributed by atoms with Gasteiger partial charge in [0.1, 0.15) is 5.54 Å². The minimum atomic E-state index is -3.90. The molecule has 0 radical (unpaired) electrons. The van der Waals surface area contributed by atoms with Crippen molar-refractivity contribution in [3.63, 3.8) is 0 Å². The number of nitrogens with zero attached hydrogens (tertiary/aromatic N) is 2. The van der Waals surface area contributed by atoms with Gasteiger partial charge in [0.25, 0.3) is 9.05 Å². The average molecular weight is 459 g/mol. The Kier molecular flexibility index (Phi) is 5.08. The van der Waals surface area contributed by atoms with Crippen LogP contribution in [0.4, 0.5) is 0 Å². The number of aromatic nitrogens is 2. The molecule has 0 atom stereocenters. The molecule has 0 aliphatic rings.